The van der Waals surface area contributed by atoms with Crippen molar-refractivity contribution in [2.24, 2.45) is 0 Å². The van der Waals surface area contributed by atoms with Crippen LogP contribution in [0.15, 0.2) is 42.9 Å². The number of amides is 1. The van der Waals surface area contributed by atoms with E-state index in [1.807, 2.05) is 36.3 Å². The van der Waals surface area contributed by atoms with Gasteiger partial charge in [-0.05, 0) is 44.2 Å². The Bertz CT molecular complexity index is 1620. The van der Waals surface area contributed by atoms with Crippen molar-refractivity contribution in [3.63, 3.8) is 0 Å². The van der Waals surface area contributed by atoms with Gasteiger partial charge in [-0.25, -0.2) is 9.97 Å². The third-order valence-corrected chi connectivity index (χ3v) is 9.17. The molecular formula is C29H29N7O. The number of pyridine rings is 1. The van der Waals surface area contributed by atoms with Crippen LogP contribution in [0.3, 0.4) is 0 Å². The summed E-state index contributed by atoms with van der Waals surface area (Å²) in [6.07, 6.45) is 14.7. The molecule has 4 aromatic rings. The Morgan fingerprint density at radius 2 is 1.84 bits per heavy atom. The summed E-state index contributed by atoms with van der Waals surface area (Å²) in [5, 5.41) is 1.83. The van der Waals surface area contributed by atoms with E-state index in [9.17, 15) is 4.79 Å². The van der Waals surface area contributed by atoms with E-state index in [2.05, 4.69) is 32.5 Å². The Morgan fingerprint density at radius 3 is 2.62 bits per heavy atom. The molecule has 3 aromatic heterocycles. The molecule has 8 heteroatoms. The SMILES string of the molecule is C#Cc1c(-c2cnc3ccccc3c2)c2c(N)ncnc2n1C12CCC(N3CCN(C)C(=O)C3)(CC1)C2. The molecule has 3 aliphatic rings. The zero-order chi connectivity index (χ0) is 25.4. The van der Waals surface area contributed by atoms with Crippen molar-refractivity contribution in [1.29, 1.82) is 0 Å². The van der Waals surface area contributed by atoms with Crippen LogP contribution >= 0.6 is 0 Å². The Balaban J connectivity index is 1.40. The maximum atomic E-state index is 12.6. The number of fused-ring (bicyclic) bond motifs is 4. The van der Waals surface area contributed by atoms with E-state index in [0.29, 0.717) is 12.4 Å². The highest BCUT2D eigenvalue weighted by Crippen LogP contribution is 2.59. The Morgan fingerprint density at radius 1 is 1.05 bits per heavy atom. The fourth-order valence-electron chi connectivity index (χ4n) is 7.26. The van der Waals surface area contributed by atoms with Gasteiger partial charge in [0.05, 0.1) is 17.4 Å². The molecule has 8 nitrogen and oxygen atoms in total. The number of rotatable bonds is 3. The monoisotopic (exact) mass is 491 g/mol. The first-order chi connectivity index (χ1) is 17.9. The number of benzene rings is 1. The minimum atomic E-state index is -0.171. The van der Waals surface area contributed by atoms with Crippen LogP contribution in [0.1, 0.15) is 37.8 Å². The van der Waals surface area contributed by atoms with Gasteiger partial charge in [0.1, 0.15) is 23.5 Å². The lowest BCUT2D eigenvalue weighted by Gasteiger charge is -2.43. The normalized spacial score (nSPS) is 25.8. The van der Waals surface area contributed by atoms with E-state index < -0.39 is 0 Å². The van der Waals surface area contributed by atoms with Crippen LogP contribution in [0, 0.1) is 12.3 Å². The third-order valence-electron chi connectivity index (χ3n) is 9.17. The highest BCUT2D eigenvalue weighted by atomic mass is 16.2. The fraction of sp³-hybridized carbons (Fsp3) is 0.379. The molecule has 3 fully saturated rings. The van der Waals surface area contributed by atoms with Crippen molar-refractivity contribution < 1.29 is 4.79 Å². The van der Waals surface area contributed by atoms with E-state index in [0.717, 1.165) is 84.0 Å². The van der Waals surface area contributed by atoms with Crippen molar-refractivity contribution in [3.05, 3.63) is 48.5 Å². The Kier molecular flexibility index (Phi) is 4.67. The highest BCUT2D eigenvalue weighted by molar-refractivity contribution is 6.04. The van der Waals surface area contributed by atoms with Crippen LogP contribution in [-0.2, 0) is 10.3 Å². The molecule has 2 N–H and O–H groups in total. The topological polar surface area (TPSA) is 93.2 Å². The second kappa shape index (κ2) is 7.77. The Hall–Kier alpha value is -3.96. The number of likely N-dealkylation sites (N-methyl/N-ethyl adjacent to an activating group) is 1. The molecule has 7 rings (SSSR count). The fourth-order valence-corrected chi connectivity index (χ4v) is 7.26. The first-order valence-corrected chi connectivity index (χ1v) is 12.9. The molecule has 2 bridgehead atoms. The molecule has 4 heterocycles. The number of anilines is 1. The van der Waals surface area contributed by atoms with Crippen LogP contribution in [-0.4, -0.2) is 67.4 Å². The molecule has 0 unspecified atom stereocenters. The number of hydrogen-bond acceptors (Lipinski definition) is 6. The molecule has 1 aliphatic heterocycles. The van der Waals surface area contributed by atoms with Crippen molar-refractivity contribution in [2.75, 3.05) is 32.4 Å². The second-order valence-electron chi connectivity index (χ2n) is 10.9. The van der Waals surface area contributed by atoms with Crippen LogP contribution in [0.25, 0.3) is 33.1 Å². The molecule has 0 spiro atoms. The van der Waals surface area contributed by atoms with E-state index in [1.54, 1.807) is 0 Å². The van der Waals surface area contributed by atoms with Gasteiger partial charge in [-0.2, -0.15) is 0 Å². The molecule has 1 saturated heterocycles. The molecule has 2 saturated carbocycles. The lowest BCUT2D eigenvalue weighted by Crippen LogP contribution is -2.56. The van der Waals surface area contributed by atoms with Gasteiger partial charge in [0, 0.05) is 53.9 Å². The summed E-state index contributed by atoms with van der Waals surface area (Å²) in [6, 6.07) is 10.2. The third kappa shape index (κ3) is 3.07. The number of aromatic nitrogens is 4. The first-order valence-electron chi connectivity index (χ1n) is 12.9. The van der Waals surface area contributed by atoms with Gasteiger partial charge < -0.3 is 15.2 Å². The zero-order valence-corrected chi connectivity index (χ0v) is 20.9. The van der Waals surface area contributed by atoms with Crippen LogP contribution < -0.4 is 5.73 Å². The average molecular weight is 492 g/mol. The lowest BCUT2D eigenvalue weighted by atomic mass is 9.89. The van der Waals surface area contributed by atoms with Gasteiger partial charge in [0.15, 0.2) is 0 Å². The molecule has 2 aliphatic carbocycles. The smallest absolute Gasteiger partial charge is 0.236 e. The average Bonchev–Trinajstić information content (AvgIpc) is 3.60. The molecule has 186 valence electrons. The number of hydrogen-bond donors (Lipinski definition) is 1. The number of nitrogens with zero attached hydrogens (tertiary/aromatic N) is 6. The summed E-state index contributed by atoms with van der Waals surface area (Å²) < 4.78 is 2.29. The molecule has 0 atom stereocenters. The van der Waals surface area contributed by atoms with E-state index >= 15 is 0 Å². The lowest BCUT2D eigenvalue weighted by molar-refractivity contribution is -0.137. The summed E-state index contributed by atoms with van der Waals surface area (Å²) in [5.41, 5.74) is 10.6. The number of carbonyl (C=O) groups excluding carboxylic acids is 1. The number of piperazine rings is 1. The van der Waals surface area contributed by atoms with Crippen LogP contribution in [0.2, 0.25) is 0 Å². The summed E-state index contributed by atoms with van der Waals surface area (Å²) in [7, 11) is 1.89. The van der Waals surface area contributed by atoms with Gasteiger partial charge in [-0.1, -0.05) is 24.1 Å². The van der Waals surface area contributed by atoms with Crippen LogP contribution in [0.5, 0.6) is 0 Å². The summed E-state index contributed by atoms with van der Waals surface area (Å²) in [5.74, 6) is 3.65. The van der Waals surface area contributed by atoms with Crippen LogP contribution in [0.4, 0.5) is 5.82 Å². The quantitative estimate of drug-likeness (QED) is 0.442. The predicted octanol–water partition coefficient (Wildman–Crippen LogP) is 3.40. The summed E-state index contributed by atoms with van der Waals surface area (Å²) in [4.78, 5) is 30.6. The van der Waals surface area contributed by atoms with Gasteiger partial charge >= 0.3 is 0 Å². The number of para-hydroxylation sites is 1. The predicted molar refractivity (Wildman–Crippen MR) is 144 cm³/mol. The molecule has 37 heavy (non-hydrogen) atoms. The van der Waals surface area contributed by atoms with Crippen molar-refractivity contribution in [3.8, 4) is 23.5 Å². The summed E-state index contributed by atoms with van der Waals surface area (Å²) in [6.45, 7) is 2.18. The minimum Gasteiger partial charge on any atom is -0.383 e. The van der Waals surface area contributed by atoms with Crippen molar-refractivity contribution in [2.45, 2.75) is 43.2 Å². The molecule has 1 aromatic carbocycles. The van der Waals surface area contributed by atoms with E-state index in [-0.39, 0.29) is 17.0 Å². The van der Waals surface area contributed by atoms with Gasteiger partial charge in [-0.15, -0.1) is 6.42 Å². The standard InChI is InChI=1S/C29H29N7O/c1-3-22-24(20-14-19-6-4-5-7-21(19)31-15-20)25-26(30)32-18-33-27(25)36(22)29-10-8-28(17-29,9-11-29)35-13-12-34(2)23(37)16-35/h1,4-7,14-15,18H,8-13,16-17H2,2H3,(H2,30,32,33). The first kappa shape index (κ1) is 22.3. The highest BCUT2D eigenvalue weighted by Gasteiger charge is 2.59. The number of terminal acetylenes is 1. The van der Waals surface area contributed by atoms with Gasteiger partial charge in [-0.3, -0.25) is 14.7 Å². The molecular weight excluding hydrogens is 462 g/mol. The number of nitrogen functional groups attached to an aromatic ring is 1. The number of carbonyl (C=O) groups is 1. The zero-order valence-electron chi connectivity index (χ0n) is 20.9. The Labute approximate surface area is 215 Å². The van der Waals surface area contributed by atoms with Crippen molar-refractivity contribution in [1.82, 2.24) is 29.3 Å². The summed E-state index contributed by atoms with van der Waals surface area (Å²) >= 11 is 0. The minimum absolute atomic E-state index is 0.0165. The maximum Gasteiger partial charge on any atom is 0.236 e. The largest absolute Gasteiger partial charge is 0.383 e. The molecule has 1 amide bonds. The van der Waals surface area contributed by atoms with Gasteiger partial charge in [0.25, 0.3) is 0 Å². The molecule has 0 radical (unpaired) electrons. The van der Waals surface area contributed by atoms with E-state index in [1.165, 1.54) is 6.33 Å². The number of nitrogens with two attached hydrogens (primary N) is 1. The van der Waals surface area contributed by atoms with E-state index in [4.69, 9.17) is 22.1 Å². The second-order valence-corrected chi connectivity index (χ2v) is 10.9. The maximum absolute atomic E-state index is 12.6. The van der Waals surface area contributed by atoms with Crippen molar-refractivity contribution >= 4 is 33.7 Å². The van der Waals surface area contributed by atoms with Gasteiger partial charge in [0.2, 0.25) is 5.91 Å².